The van der Waals surface area contributed by atoms with Gasteiger partial charge >= 0.3 is 6.01 Å². The fraction of sp³-hybridized carbons (Fsp3) is 0.389. The molecule has 4 aliphatic rings. The van der Waals surface area contributed by atoms with Gasteiger partial charge in [-0.05, 0) is 62.4 Å². The Morgan fingerprint density at radius 2 is 2.00 bits per heavy atom. The van der Waals surface area contributed by atoms with Gasteiger partial charge in [-0.1, -0.05) is 12.0 Å². The lowest BCUT2D eigenvalue weighted by atomic mass is 9.87. The Kier molecular flexibility index (Phi) is 6.24. The number of ether oxygens (including phenoxy) is 1. The summed E-state index contributed by atoms with van der Waals surface area (Å²) in [6, 6.07) is 7.71. The second kappa shape index (κ2) is 10.2. The fourth-order valence-corrected chi connectivity index (χ4v) is 8.67. The Labute approximate surface area is 268 Å². The molecule has 2 N–H and O–H groups in total. The van der Waals surface area contributed by atoms with Crippen LogP contribution in [0.15, 0.2) is 34.7 Å². The predicted octanol–water partition coefficient (Wildman–Crippen LogP) is 5.98. The highest BCUT2D eigenvalue weighted by Gasteiger charge is 2.50. The van der Waals surface area contributed by atoms with E-state index in [0.29, 0.717) is 40.7 Å². The number of alkyl halides is 1. The molecule has 5 aromatic rings. The van der Waals surface area contributed by atoms with Gasteiger partial charge in [0.15, 0.2) is 5.82 Å². The molecule has 0 amide bonds. The lowest BCUT2D eigenvalue weighted by Gasteiger charge is -2.54. The van der Waals surface area contributed by atoms with Crippen molar-refractivity contribution in [2.75, 3.05) is 37.7 Å². The topological polar surface area (TPSA) is 86.9 Å². The first-order valence-electron chi connectivity index (χ1n) is 16.1. The molecule has 0 spiro atoms. The average molecular weight is 640 g/mol. The van der Waals surface area contributed by atoms with Gasteiger partial charge in [0.2, 0.25) is 0 Å². The van der Waals surface area contributed by atoms with Crippen LogP contribution >= 0.6 is 0 Å². The normalized spacial score (nSPS) is 25.4. The maximum absolute atomic E-state index is 17.4. The van der Waals surface area contributed by atoms with E-state index in [1.807, 2.05) is 6.07 Å². The van der Waals surface area contributed by atoms with E-state index in [9.17, 15) is 9.50 Å². The van der Waals surface area contributed by atoms with Crippen LogP contribution in [0.25, 0.3) is 43.8 Å². The first kappa shape index (κ1) is 28.7. The molecule has 3 aromatic carbocycles. The number of hydrogen-bond acceptors (Lipinski definition) is 8. The van der Waals surface area contributed by atoms with Gasteiger partial charge in [0.25, 0.3) is 0 Å². The van der Waals surface area contributed by atoms with Crippen LogP contribution in [0.4, 0.5) is 19.0 Å². The third kappa shape index (κ3) is 4.17. The first-order valence-corrected chi connectivity index (χ1v) is 16.1. The van der Waals surface area contributed by atoms with Crippen molar-refractivity contribution in [2.24, 2.45) is 0 Å². The fourth-order valence-electron chi connectivity index (χ4n) is 8.67. The molecule has 11 heteroatoms. The quantitative estimate of drug-likeness (QED) is 0.228. The number of terminal acetylenes is 1. The number of aryl methyl sites for hydroxylation is 1. The Hall–Kier alpha value is -4.53. The molecule has 2 bridgehead atoms. The van der Waals surface area contributed by atoms with Crippen molar-refractivity contribution in [2.45, 2.75) is 56.4 Å². The number of rotatable bonds is 5. The number of nitrogens with one attached hydrogen (secondary N) is 1. The van der Waals surface area contributed by atoms with E-state index in [2.05, 4.69) is 26.0 Å². The summed E-state index contributed by atoms with van der Waals surface area (Å²) in [6.07, 6.45) is 7.97. The van der Waals surface area contributed by atoms with Gasteiger partial charge in [0.1, 0.15) is 47.0 Å². The summed E-state index contributed by atoms with van der Waals surface area (Å²) in [5.74, 6) is 1.98. The second-order valence-corrected chi connectivity index (χ2v) is 13.5. The molecular formula is C36H32F3N5O3. The number of piperazine rings is 1. The molecule has 0 aliphatic carbocycles. The van der Waals surface area contributed by atoms with Gasteiger partial charge < -0.3 is 24.5 Å². The Morgan fingerprint density at radius 3 is 2.79 bits per heavy atom. The molecule has 0 radical (unpaired) electrons. The summed E-state index contributed by atoms with van der Waals surface area (Å²) >= 11 is 0. The van der Waals surface area contributed by atoms with Crippen LogP contribution in [0.5, 0.6) is 11.8 Å². The highest BCUT2D eigenvalue weighted by Crippen LogP contribution is 2.48. The maximum atomic E-state index is 17.4. The van der Waals surface area contributed by atoms with E-state index in [0.717, 1.165) is 38.9 Å². The van der Waals surface area contributed by atoms with Crippen molar-refractivity contribution < 1.29 is 27.4 Å². The van der Waals surface area contributed by atoms with Crippen LogP contribution in [-0.2, 0) is 0 Å². The summed E-state index contributed by atoms with van der Waals surface area (Å²) in [7, 11) is 0. The summed E-state index contributed by atoms with van der Waals surface area (Å²) in [4.78, 5) is 14.0. The highest BCUT2D eigenvalue weighted by atomic mass is 19.1. The maximum Gasteiger partial charge on any atom is 0.319 e. The van der Waals surface area contributed by atoms with Crippen molar-refractivity contribution in [3.63, 3.8) is 0 Å². The predicted molar refractivity (Wildman–Crippen MR) is 173 cm³/mol. The number of hydrogen-bond donors (Lipinski definition) is 2. The monoisotopic (exact) mass is 639 g/mol. The number of halogens is 3. The van der Waals surface area contributed by atoms with E-state index in [1.54, 1.807) is 6.92 Å². The van der Waals surface area contributed by atoms with Gasteiger partial charge in [0, 0.05) is 54.5 Å². The van der Waals surface area contributed by atoms with Crippen molar-refractivity contribution in [3.05, 3.63) is 53.3 Å². The molecule has 240 valence electrons. The standard InChI is InChI=1S/C36H32F3N5O3/c1-3-24-27(38)6-5-19-10-23(45)12-25(28(19)24)29-31(39)32-30(26-9-18(2)47-33(26)29)34(44-21-11-22(44)15-40-14-21)42-35(41-32)46-17-36-7-4-8-43(36)16-20(37)13-36/h1,5-6,9-10,12,20-22,40,45H,4,7-8,11,13-17H2,2H3/t20-,21?,22?,36+/m1/s1. The molecule has 4 saturated heterocycles. The average Bonchev–Trinajstić information content (AvgIpc) is 3.71. The molecule has 8 nitrogen and oxygen atoms in total. The van der Waals surface area contributed by atoms with Crippen LogP contribution in [0.3, 0.4) is 0 Å². The van der Waals surface area contributed by atoms with Gasteiger partial charge in [-0.2, -0.15) is 9.97 Å². The smallest absolute Gasteiger partial charge is 0.319 e. The Bertz CT molecular complexity index is 2170. The van der Waals surface area contributed by atoms with Gasteiger partial charge in [0.05, 0.1) is 22.1 Å². The summed E-state index contributed by atoms with van der Waals surface area (Å²) in [5.41, 5.74) is -0.0858. The lowest BCUT2D eigenvalue weighted by Crippen LogP contribution is -2.68. The number of benzene rings is 3. The number of phenols is 1. The molecule has 2 aromatic heterocycles. The highest BCUT2D eigenvalue weighted by molar-refractivity contribution is 6.18. The number of furan rings is 1. The van der Waals surface area contributed by atoms with E-state index in [-0.39, 0.29) is 63.6 Å². The number of aromatic nitrogens is 2. The van der Waals surface area contributed by atoms with Crippen molar-refractivity contribution in [1.82, 2.24) is 20.2 Å². The number of fused-ring (bicyclic) bond motifs is 7. The Morgan fingerprint density at radius 1 is 1.17 bits per heavy atom. The summed E-state index contributed by atoms with van der Waals surface area (Å²) < 4.78 is 59.5. The lowest BCUT2D eigenvalue weighted by molar-refractivity contribution is 0.107. The molecule has 6 heterocycles. The number of phenolic OH excluding ortho intramolecular Hbond substituents is 1. The second-order valence-electron chi connectivity index (χ2n) is 13.5. The number of anilines is 1. The molecule has 4 aliphatic heterocycles. The molecule has 4 fully saturated rings. The molecule has 9 rings (SSSR count). The molecule has 2 unspecified atom stereocenters. The minimum absolute atomic E-state index is 0.00120. The van der Waals surface area contributed by atoms with E-state index >= 15 is 8.78 Å². The van der Waals surface area contributed by atoms with E-state index in [4.69, 9.17) is 20.6 Å². The number of aromatic hydroxyl groups is 1. The number of nitrogens with zero attached hydrogens (tertiary/aromatic N) is 4. The van der Waals surface area contributed by atoms with Crippen LogP contribution < -0.4 is 15.0 Å². The van der Waals surface area contributed by atoms with Gasteiger partial charge in [-0.15, -0.1) is 6.42 Å². The molecule has 0 saturated carbocycles. The SMILES string of the molecule is C#Cc1c(F)ccc2cc(O)cc(-c3c(F)c4nc(OC[C@@]56CCCN5C[C@H](F)C6)nc(N5C6CNCC5C6)c4c4cc(C)oc34)c12. The van der Waals surface area contributed by atoms with E-state index in [1.165, 1.54) is 24.3 Å². The van der Waals surface area contributed by atoms with Crippen LogP contribution in [0, 0.1) is 30.9 Å². The van der Waals surface area contributed by atoms with Crippen molar-refractivity contribution >= 4 is 38.5 Å². The minimum atomic E-state index is -0.924. The molecule has 47 heavy (non-hydrogen) atoms. The zero-order chi connectivity index (χ0) is 32.2. The zero-order valence-electron chi connectivity index (χ0n) is 25.7. The van der Waals surface area contributed by atoms with Crippen LogP contribution in [-0.4, -0.2) is 76.6 Å². The van der Waals surface area contributed by atoms with E-state index < -0.39 is 23.3 Å². The number of piperidine rings is 1. The largest absolute Gasteiger partial charge is 0.508 e. The molecular weight excluding hydrogens is 607 g/mol. The zero-order valence-corrected chi connectivity index (χ0v) is 25.7. The summed E-state index contributed by atoms with van der Waals surface area (Å²) in [6.45, 7) is 4.68. The van der Waals surface area contributed by atoms with Gasteiger partial charge in [-0.3, -0.25) is 4.90 Å². The first-order chi connectivity index (χ1) is 22.7. The van der Waals surface area contributed by atoms with Crippen LogP contribution in [0.1, 0.15) is 37.0 Å². The molecule has 4 atom stereocenters. The summed E-state index contributed by atoms with van der Waals surface area (Å²) in [5, 5.41) is 16.0. The van der Waals surface area contributed by atoms with Crippen LogP contribution in [0.2, 0.25) is 0 Å². The van der Waals surface area contributed by atoms with Gasteiger partial charge in [-0.25, -0.2) is 13.2 Å². The van der Waals surface area contributed by atoms with Crippen molar-refractivity contribution in [1.29, 1.82) is 0 Å². The minimum Gasteiger partial charge on any atom is -0.508 e. The third-order valence-corrected chi connectivity index (χ3v) is 10.7. The Balaban J connectivity index is 1.30. The third-order valence-electron chi connectivity index (χ3n) is 10.7. The van der Waals surface area contributed by atoms with Crippen molar-refractivity contribution in [3.8, 4) is 35.2 Å².